The molecule has 40 heavy (non-hydrogen) atoms. The number of anilines is 1. The van der Waals surface area contributed by atoms with Gasteiger partial charge in [-0.15, -0.1) is 0 Å². The maximum absolute atomic E-state index is 13.8. The zero-order chi connectivity index (χ0) is 28.3. The van der Waals surface area contributed by atoms with Crippen LogP contribution in [0.5, 0.6) is 0 Å². The van der Waals surface area contributed by atoms with Crippen molar-refractivity contribution in [1.82, 2.24) is 14.3 Å². The van der Waals surface area contributed by atoms with Crippen molar-refractivity contribution in [3.05, 3.63) is 114 Å². The number of ether oxygens (including phenoxy) is 1. The maximum Gasteiger partial charge on any atom is 0.241 e. The third-order valence-electron chi connectivity index (χ3n) is 7.26. The number of nitrogens with zero attached hydrogens (tertiary/aromatic N) is 3. The van der Waals surface area contributed by atoms with E-state index in [1.807, 2.05) is 66.3 Å². The first-order valence-electron chi connectivity index (χ1n) is 13.0. The second-order valence-corrected chi connectivity index (χ2v) is 11.5. The minimum atomic E-state index is -3.96. The normalized spacial score (nSPS) is 15.5. The van der Waals surface area contributed by atoms with Crippen LogP contribution in [0.3, 0.4) is 0 Å². The molecule has 0 saturated heterocycles. The standard InChI is InChI=1S/C30H31FN4O4S/c1-34-16-15-32-29(34)20-35(30(36)19-28(39-2)22-7-4-3-5-8-22)24-13-11-21-12-14-27(26(21)18-24)33-40(37,38)25-10-6-9-23(31)17-25/h3-11,13,15-18,27-28,33H,12,14,19-20H2,1-2H3/t27-,28+/m1/s1. The Labute approximate surface area is 233 Å². The summed E-state index contributed by atoms with van der Waals surface area (Å²) in [5.74, 6) is -0.0790. The first-order valence-corrected chi connectivity index (χ1v) is 14.5. The van der Waals surface area contributed by atoms with Crippen molar-refractivity contribution in [1.29, 1.82) is 0 Å². The topological polar surface area (TPSA) is 93.5 Å². The molecule has 1 aliphatic carbocycles. The molecule has 208 valence electrons. The van der Waals surface area contributed by atoms with Gasteiger partial charge in [0.15, 0.2) is 0 Å². The van der Waals surface area contributed by atoms with E-state index in [4.69, 9.17) is 4.74 Å². The summed E-state index contributed by atoms with van der Waals surface area (Å²) in [4.78, 5) is 19.8. The number of imidazole rings is 1. The van der Waals surface area contributed by atoms with E-state index in [1.165, 1.54) is 18.2 Å². The Balaban J connectivity index is 1.45. The van der Waals surface area contributed by atoms with Gasteiger partial charge in [0.05, 0.1) is 24.0 Å². The lowest BCUT2D eigenvalue weighted by Crippen LogP contribution is -2.33. The third kappa shape index (κ3) is 5.99. The summed E-state index contributed by atoms with van der Waals surface area (Å²) in [6, 6.07) is 19.7. The second kappa shape index (κ2) is 11.7. The van der Waals surface area contributed by atoms with Gasteiger partial charge >= 0.3 is 0 Å². The molecule has 0 radical (unpaired) electrons. The molecule has 8 nitrogen and oxygen atoms in total. The largest absolute Gasteiger partial charge is 0.376 e. The van der Waals surface area contributed by atoms with Crippen LogP contribution in [0.2, 0.25) is 0 Å². The fourth-order valence-electron chi connectivity index (χ4n) is 5.06. The van der Waals surface area contributed by atoms with Gasteiger partial charge in [-0.05, 0) is 59.9 Å². The average molecular weight is 563 g/mol. The zero-order valence-corrected chi connectivity index (χ0v) is 23.1. The zero-order valence-electron chi connectivity index (χ0n) is 22.3. The maximum atomic E-state index is 13.8. The number of amides is 1. The van der Waals surface area contributed by atoms with Crippen molar-refractivity contribution < 1.29 is 22.3 Å². The van der Waals surface area contributed by atoms with Gasteiger partial charge in [-0.25, -0.2) is 22.5 Å². The van der Waals surface area contributed by atoms with Crippen LogP contribution in [0, 0.1) is 5.82 Å². The van der Waals surface area contributed by atoms with Gasteiger partial charge in [0.25, 0.3) is 0 Å². The first-order chi connectivity index (χ1) is 19.2. The molecule has 10 heteroatoms. The third-order valence-corrected chi connectivity index (χ3v) is 8.73. The number of fused-ring (bicyclic) bond motifs is 1. The van der Waals surface area contributed by atoms with Crippen molar-refractivity contribution in [2.45, 2.75) is 42.8 Å². The molecule has 0 spiro atoms. The van der Waals surface area contributed by atoms with Crippen LogP contribution in [0.15, 0.2) is 90.1 Å². The van der Waals surface area contributed by atoms with Gasteiger partial charge in [-0.3, -0.25) is 4.79 Å². The number of carbonyl (C=O) groups excluding carboxylic acids is 1. The lowest BCUT2D eigenvalue weighted by atomic mass is 10.0. The molecular formula is C30H31FN4O4S. The average Bonchev–Trinajstić information content (AvgIpc) is 3.55. The number of rotatable bonds is 10. The number of benzene rings is 3. The SMILES string of the molecule is CO[C@@H](CC(=O)N(Cc1nccn1C)c1ccc2c(c1)[C@H](NS(=O)(=O)c1cccc(F)c1)CC2)c1ccccc1. The van der Waals surface area contributed by atoms with Crippen LogP contribution in [-0.4, -0.2) is 31.0 Å². The predicted octanol–water partition coefficient (Wildman–Crippen LogP) is 4.84. The van der Waals surface area contributed by atoms with Gasteiger partial charge in [0.1, 0.15) is 11.6 Å². The van der Waals surface area contributed by atoms with Crippen molar-refractivity contribution in [3.63, 3.8) is 0 Å². The molecular weight excluding hydrogens is 531 g/mol. The van der Waals surface area contributed by atoms with Crippen LogP contribution < -0.4 is 9.62 Å². The van der Waals surface area contributed by atoms with Gasteiger partial charge in [-0.1, -0.05) is 42.5 Å². The molecule has 3 aromatic carbocycles. The Kier molecular flexibility index (Phi) is 8.11. The Morgan fingerprint density at radius 1 is 1.15 bits per heavy atom. The molecule has 1 heterocycles. The van der Waals surface area contributed by atoms with Gasteiger partial charge < -0.3 is 14.2 Å². The molecule has 0 saturated carbocycles. The highest BCUT2D eigenvalue weighted by Crippen LogP contribution is 2.36. The number of aromatic nitrogens is 2. The highest BCUT2D eigenvalue weighted by molar-refractivity contribution is 7.89. The number of sulfonamides is 1. The first kappa shape index (κ1) is 27.7. The van der Waals surface area contributed by atoms with Gasteiger partial charge in [0.2, 0.25) is 15.9 Å². The van der Waals surface area contributed by atoms with Gasteiger partial charge in [-0.2, -0.15) is 0 Å². The van der Waals surface area contributed by atoms with E-state index in [1.54, 1.807) is 18.2 Å². The van der Waals surface area contributed by atoms with E-state index >= 15 is 0 Å². The number of hydrogen-bond donors (Lipinski definition) is 1. The van der Waals surface area contributed by atoms with Crippen LogP contribution >= 0.6 is 0 Å². The van der Waals surface area contributed by atoms with E-state index in [0.29, 0.717) is 24.4 Å². The molecule has 1 aliphatic rings. The number of halogens is 1. The molecule has 0 unspecified atom stereocenters. The van der Waals surface area contributed by atoms with Crippen LogP contribution in [0.4, 0.5) is 10.1 Å². The van der Waals surface area contributed by atoms with Crippen molar-refractivity contribution in [3.8, 4) is 0 Å². The van der Waals surface area contributed by atoms with Crippen LogP contribution in [-0.2, 0) is 39.6 Å². The van der Waals surface area contributed by atoms with E-state index < -0.39 is 28.0 Å². The molecule has 0 bridgehead atoms. The Morgan fingerprint density at radius 2 is 1.95 bits per heavy atom. The molecule has 1 amide bonds. The molecule has 0 aliphatic heterocycles. The number of nitrogens with one attached hydrogen (secondary N) is 1. The fourth-order valence-corrected chi connectivity index (χ4v) is 6.34. The number of methoxy groups -OCH3 is 1. The lowest BCUT2D eigenvalue weighted by molar-refractivity contribution is -0.121. The molecule has 1 aromatic heterocycles. The monoisotopic (exact) mass is 562 g/mol. The quantitative estimate of drug-likeness (QED) is 0.299. The minimum absolute atomic E-state index is 0.109. The lowest BCUT2D eigenvalue weighted by Gasteiger charge is -2.26. The number of aryl methyl sites for hydroxylation is 2. The van der Waals surface area contributed by atoms with E-state index in [-0.39, 0.29) is 23.8 Å². The van der Waals surface area contributed by atoms with Crippen molar-refractivity contribution in [2.75, 3.05) is 12.0 Å². The summed E-state index contributed by atoms with van der Waals surface area (Å²) in [5, 5.41) is 0. The summed E-state index contributed by atoms with van der Waals surface area (Å²) in [6.45, 7) is 0.228. The van der Waals surface area contributed by atoms with E-state index in [2.05, 4.69) is 9.71 Å². The van der Waals surface area contributed by atoms with Crippen LogP contribution in [0.25, 0.3) is 0 Å². The summed E-state index contributed by atoms with van der Waals surface area (Å²) >= 11 is 0. The molecule has 5 rings (SSSR count). The number of hydrogen-bond acceptors (Lipinski definition) is 5. The summed E-state index contributed by atoms with van der Waals surface area (Å²) in [5.41, 5.74) is 3.32. The predicted molar refractivity (Wildman–Crippen MR) is 149 cm³/mol. The summed E-state index contributed by atoms with van der Waals surface area (Å²) in [7, 11) is -0.505. The summed E-state index contributed by atoms with van der Waals surface area (Å²) in [6.07, 6.45) is 4.41. The van der Waals surface area contributed by atoms with E-state index in [9.17, 15) is 17.6 Å². The van der Waals surface area contributed by atoms with Crippen molar-refractivity contribution >= 4 is 21.6 Å². The Hall–Kier alpha value is -3.86. The minimum Gasteiger partial charge on any atom is -0.376 e. The summed E-state index contributed by atoms with van der Waals surface area (Å²) < 4.78 is 50.1. The van der Waals surface area contributed by atoms with Crippen LogP contribution in [0.1, 0.15) is 47.5 Å². The van der Waals surface area contributed by atoms with E-state index in [0.717, 1.165) is 22.8 Å². The molecule has 2 atom stereocenters. The molecule has 1 N–H and O–H groups in total. The highest BCUT2D eigenvalue weighted by Gasteiger charge is 2.30. The fraction of sp³-hybridized carbons (Fsp3) is 0.267. The smallest absolute Gasteiger partial charge is 0.241 e. The van der Waals surface area contributed by atoms with Gasteiger partial charge in [0, 0.05) is 38.3 Å². The highest BCUT2D eigenvalue weighted by atomic mass is 32.2. The Bertz CT molecular complexity index is 1610. The molecule has 0 fully saturated rings. The Morgan fingerprint density at radius 3 is 2.65 bits per heavy atom. The second-order valence-electron chi connectivity index (χ2n) is 9.83. The van der Waals surface area contributed by atoms with Crippen molar-refractivity contribution in [2.24, 2.45) is 7.05 Å². The number of carbonyl (C=O) groups is 1. The molecule has 4 aromatic rings.